The van der Waals surface area contributed by atoms with Crippen molar-refractivity contribution in [1.29, 1.82) is 0 Å². The van der Waals surface area contributed by atoms with Gasteiger partial charge in [0.05, 0.1) is 29.4 Å². The molecule has 0 radical (unpaired) electrons. The van der Waals surface area contributed by atoms with Crippen molar-refractivity contribution in [2.75, 3.05) is 6.61 Å². The minimum atomic E-state index is -0.127. The first-order chi connectivity index (χ1) is 15.6. The van der Waals surface area contributed by atoms with E-state index in [9.17, 15) is 4.79 Å². The summed E-state index contributed by atoms with van der Waals surface area (Å²) in [5, 5.41) is 1.05. The Morgan fingerprint density at radius 3 is 2.62 bits per heavy atom. The number of ether oxygens (including phenoxy) is 1. The molecule has 7 nitrogen and oxygen atoms in total. The Hall–Kier alpha value is -3.29. The van der Waals surface area contributed by atoms with Crippen molar-refractivity contribution < 1.29 is 4.74 Å². The molecule has 0 saturated carbocycles. The van der Waals surface area contributed by atoms with E-state index in [4.69, 9.17) is 31.3 Å². The fourth-order valence-corrected chi connectivity index (χ4v) is 4.68. The van der Waals surface area contributed by atoms with Crippen LogP contribution in [0.3, 0.4) is 0 Å². The van der Waals surface area contributed by atoms with Gasteiger partial charge in [0.2, 0.25) is 0 Å². The molecule has 0 bridgehead atoms. The monoisotopic (exact) mass is 445 g/mol. The number of aromatic nitrogens is 5. The van der Waals surface area contributed by atoms with Gasteiger partial charge in [0.15, 0.2) is 11.3 Å². The molecule has 1 aliphatic heterocycles. The first kappa shape index (κ1) is 19.4. The number of rotatable bonds is 3. The van der Waals surface area contributed by atoms with Crippen LogP contribution < -0.4 is 5.56 Å². The fraction of sp³-hybridized carbons (Fsp3) is 0.250. The second-order valence-corrected chi connectivity index (χ2v) is 8.54. The molecule has 160 valence electrons. The van der Waals surface area contributed by atoms with E-state index in [1.807, 2.05) is 60.0 Å². The summed E-state index contributed by atoms with van der Waals surface area (Å²) in [6, 6.07) is 15.1. The zero-order chi connectivity index (χ0) is 21.8. The highest BCUT2D eigenvalue weighted by atomic mass is 35.5. The molecule has 5 aromatic rings. The topological polar surface area (TPSA) is 74.8 Å². The number of aryl methyl sites for hydroxylation is 1. The molecule has 6 rings (SSSR count). The lowest BCUT2D eigenvalue weighted by atomic mass is 10.2. The van der Waals surface area contributed by atoms with Crippen LogP contribution >= 0.6 is 11.6 Å². The summed E-state index contributed by atoms with van der Waals surface area (Å²) < 4.78 is 9.36. The van der Waals surface area contributed by atoms with Crippen molar-refractivity contribution in [2.45, 2.75) is 32.4 Å². The minimum absolute atomic E-state index is 0.0267. The Balaban J connectivity index is 1.73. The number of fused-ring (bicyclic) bond motifs is 4. The van der Waals surface area contributed by atoms with E-state index in [-0.39, 0.29) is 11.7 Å². The highest BCUT2D eigenvalue weighted by Gasteiger charge is 2.24. The molecule has 1 saturated heterocycles. The van der Waals surface area contributed by atoms with Gasteiger partial charge in [-0.25, -0.2) is 15.0 Å². The molecule has 0 N–H and O–H groups in total. The molecule has 0 unspecified atom stereocenters. The van der Waals surface area contributed by atoms with Gasteiger partial charge in [0, 0.05) is 11.6 Å². The van der Waals surface area contributed by atoms with E-state index in [0.717, 1.165) is 36.2 Å². The molecule has 8 heteroatoms. The lowest BCUT2D eigenvalue weighted by Crippen LogP contribution is -2.29. The van der Waals surface area contributed by atoms with Crippen molar-refractivity contribution in [3.8, 4) is 5.69 Å². The summed E-state index contributed by atoms with van der Waals surface area (Å²) in [5.74, 6) is 0.633. The van der Waals surface area contributed by atoms with Gasteiger partial charge in [0.25, 0.3) is 5.56 Å². The zero-order valence-corrected chi connectivity index (χ0v) is 18.2. The van der Waals surface area contributed by atoms with E-state index < -0.39 is 0 Å². The van der Waals surface area contributed by atoms with Crippen LogP contribution in [0.1, 0.15) is 18.7 Å². The molecular formula is C24H20ClN5O2. The summed E-state index contributed by atoms with van der Waals surface area (Å²) in [5.41, 5.74) is 3.79. The molecule has 4 heterocycles. The third kappa shape index (κ3) is 3.00. The van der Waals surface area contributed by atoms with E-state index in [1.54, 1.807) is 4.57 Å². The van der Waals surface area contributed by atoms with Crippen LogP contribution in [0.4, 0.5) is 0 Å². The van der Waals surface area contributed by atoms with Gasteiger partial charge in [-0.05, 0) is 50.1 Å². The molecule has 0 aliphatic carbocycles. The van der Waals surface area contributed by atoms with Gasteiger partial charge in [-0.15, -0.1) is 0 Å². The molecule has 3 aromatic heterocycles. The fourth-order valence-electron chi connectivity index (χ4n) is 4.50. The highest BCUT2D eigenvalue weighted by Crippen LogP contribution is 2.29. The van der Waals surface area contributed by atoms with Crippen molar-refractivity contribution in [2.24, 2.45) is 0 Å². The quantitative estimate of drug-likeness (QED) is 0.411. The van der Waals surface area contributed by atoms with Gasteiger partial charge in [0.1, 0.15) is 16.7 Å². The second kappa shape index (κ2) is 7.39. The Bertz CT molecular complexity index is 1570. The molecule has 32 heavy (non-hydrogen) atoms. The third-order valence-corrected chi connectivity index (χ3v) is 6.27. The van der Waals surface area contributed by atoms with Gasteiger partial charge in [-0.1, -0.05) is 29.8 Å². The molecule has 1 aliphatic rings. The number of para-hydroxylation sites is 2. The SMILES string of the molecule is Cc1nc2c(c(=O)n1C[C@H]1CCCO1)c1nc3ccccc3nc1n2-c1cccc(Cl)c1. The summed E-state index contributed by atoms with van der Waals surface area (Å²) >= 11 is 6.29. The van der Waals surface area contributed by atoms with Crippen LogP contribution in [-0.2, 0) is 11.3 Å². The van der Waals surface area contributed by atoms with Crippen molar-refractivity contribution in [1.82, 2.24) is 24.1 Å². The first-order valence-electron chi connectivity index (χ1n) is 10.7. The number of hydrogen-bond acceptors (Lipinski definition) is 5. The second-order valence-electron chi connectivity index (χ2n) is 8.11. The maximum absolute atomic E-state index is 13.8. The third-order valence-electron chi connectivity index (χ3n) is 6.03. The van der Waals surface area contributed by atoms with Crippen LogP contribution in [0, 0.1) is 6.92 Å². The van der Waals surface area contributed by atoms with Crippen LogP contribution in [0.25, 0.3) is 38.9 Å². The lowest BCUT2D eigenvalue weighted by Gasteiger charge is -2.14. The zero-order valence-electron chi connectivity index (χ0n) is 17.5. The van der Waals surface area contributed by atoms with E-state index in [2.05, 4.69) is 0 Å². The standard InChI is InChI=1S/C24H20ClN5O2/c1-14-26-22-20(24(31)29(14)13-17-8-5-11-32-17)21-23(28-19-10-3-2-9-18(19)27-21)30(22)16-7-4-6-15(25)12-16/h2-4,6-7,9-10,12,17H,5,8,11,13H2,1H3/t17-/m1/s1. The van der Waals surface area contributed by atoms with Gasteiger partial charge in [-0.2, -0.15) is 0 Å². The maximum atomic E-state index is 13.8. The summed E-state index contributed by atoms with van der Waals surface area (Å²) in [4.78, 5) is 28.3. The van der Waals surface area contributed by atoms with E-state index in [0.29, 0.717) is 39.6 Å². The average Bonchev–Trinajstić information content (AvgIpc) is 3.40. The number of hydrogen-bond donors (Lipinski definition) is 0. The molecular weight excluding hydrogens is 426 g/mol. The van der Waals surface area contributed by atoms with Crippen LogP contribution in [0.15, 0.2) is 53.3 Å². The molecule has 0 amide bonds. The van der Waals surface area contributed by atoms with Crippen LogP contribution in [0.5, 0.6) is 0 Å². The van der Waals surface area contributed by atoms with E-state index in [1.165, 1.54) is 0 Å². The Morgan fingerprint density at radius 2 is 1.88 bits per heavy atom. The van der Waals surface area contributed by atoms with Crippen molar-refractivity contribution >= 4 is 44.8 Å². The average molecular weight is 446 g/mol. The number of nitrogens with zero attached hydrogens (tertiary/aromatic N) is 5. The molecule has 0 spiro atoms. The summed E-state index contributed by atoms with van der Waals surface area (Å²) in [6.45, 7) is 3.07. The minimum Gasteiger partial charge on any atom is -0.376 e. The van der Waals surface area contributed by atoms with Crippen LogP contribution in [-0.4, -0.2) is 36.8 Å². The molecule has 2 aromatic carbocycles. The van der Waals surface area contributed by atoms with E-state index >= 15 is 0 Å². The lowest BCUT2D eigenvalue weighted by molar-refractivity contribution is 0.0955. The largest absolute Gasteiger partial charge is 0.376 e. The summed E-state index contributed by atoms with van der Waals surface area (Å²) in [7, 11) is 0. The number of benzene rings is 2. The normalized spacial score (nSPS) is 16.5. The highest BCUT2D eigenvalue weighted by molar-refractivity contribution is 6.30. The number of halogens is 1. The van der Waals surface area contributed by atoms with Crippen molar-refractivity contribution in [3.05, 3.63) is 69.7 Å². The maximum Gasteiger partial charge on any atom is 0.265 e. The van der Waals surface area contributed by atoms with Gasteiger partial charge < -0.3 is 4.74 Å². The van der Waals surface area contributed by atoms with Gasteiger partial charge in [-0.3, -0.25) is 13.9 Å². The molecule has 1 atom stereocenters. The Morgan fingerprint density at radius 1 is 1.06 bits per heavy atom. The summed E-state index contributed by atoms with van der Waals surface area (Å²) in [6.07, 6.45) is 1.98. The first-order valence-corrected chi connectivity index (χ1v) is 11.0. The van der Waals surface area contributed by atoms with Crippen LogP contribution in [0.2, 0.25) is 5.02 Å². The molecule has 1 fully saturated rings. The predicted molar refractivity (Wildman–Crippen MR) is 125 cm³/mol. The smallest absolute Gasteiger partial charge is 0.265 e. The Kier molecular flexibility index (Phi) is 4.48. The van der Waals surface area contributed by atoms with Gasteiger partial charge >= 0.3 is 0 Å². The predicted octanol–water partition coefficient (Wildman–Crippen LogP) is 4.42. The Labute approximate surface area is 188 Å². The van der Waals surface area contributed by atoms with Crippen molar-refractivity contribution in [3.63, 3.8) is 0 Å².